The number of carbonyl (C=O) groups is 1. The van der Waals surface area contributed by atoms with Crippen LogP contribution in [0.25, 0.3) is 22.5 Å². The van der Waals surface area contributed by atoms with Crippen LogP contribution in [0.15, 0.2) is 24.4 Å². The Morgan fingerprint density at radius 3 is 2.67 bits per heavy atom. The summed E-state index contributed by atoms with van der Waals surface area (Å²) in [6, 6.07) is 5.70. The summed E-state index contributed by atoms with van der Waals surface area (Å²) in [6.45, 7) is 0.423. The van der Waals surface area contributed by atoms with Crippen molar-refractivity contribution in [2.24, 2.45) is 7.05 Å². The number of carboxylic acids is 1. The molecule has 1 aliphatic heterocycles. The molecule has 1 fully saturated rings. The van der Waals surface area contributed by atoms with Crippen LogP contribution in [0.5, 0.6) is 5.75 Å². The van der Waals surface area contributed by atoms with Crippen LogP contribution in [0.1, 0.15) is 40.6 Å². The van der Waals surface area contributed by atoms with E-state index in [0.29, 0.717) is 35.8 Å². The molecular weight excluding hydrogens is 394 g/mol. The second kappa shape index (κ2) is 6.38. The van der Waals surface area contributed by atoms with Gasteiger partial charge in [-0.15, -0.1) is 0 Å². The molecule has 3 heterocycles. The molecule has 0 saturated heterocycles. The lowest BCUT2D eigenvalue weighted by Crippen LogP contribution is -2.34. The van der Waals surface area contributed by atoms with E-state index in [9.17, 15) is 18.7 Å². The van der Waals surface area contributed by atoms with Gasteiger partial charge in [-0.2, -0.15) is 5.10 Å². The van der Waals surface area contributed by atoms with E-state index < -0.39 is 17.8 Å². The van der Waals surface area contributed by atoms with Crippen molar-refractivity contribution in [1.29, 1.82) is 0 Å². The van der Waals surface area contributed by atoms with Crippen LogP contribution in [0.2, 0.25) is 0 Å². The number of aryl methyl sites for hydroxylation is 2. The monoisotopic (exact) mass is 414 g/mol. The number of fused-ring (bicyclic) bond motifs is 3. The van der Waals surface area contributed by atoms with E-state index in [-0.39, 0.29) is 18.7 Å². The number of rotatable bonds is 4. The average Bonchev–Trinajstić information content (AvgIpc) is 3.28. The number of carboxylic acid groups (broad SMARTS) is 1. The number of hydrogen-bond acceptors (Lipinski definition) is 4. The van der Waals surface area contributed by atoms with Gasteiger partial charge in [-0.1, -0.05) is 0 Å². The third-order valence-electron chi connectivity index (χ3n) is 5.94. The number of nitrogens with zero attached hydrogens (tertiary/aromatic N) is 4. The fourth-order valence-electron chi connectivity index (χ4n) is 4.48. The maximum absolute atomic E-state index is 13.6. The highest BCUT2D eigenvalue weighted by Crippen LogP contribution is 2.51. The number of methoxy groups -OCH3 is 1. The first-order valence-electron chi connectivity index (χ1n) is 9.70. The molecular formula is C21H20F2N4O3. The maximum atomic E-state index is 13.6. The van der Waals surface area contributed by atoms with Gasteiger partial charge in [-0.3, -0.25) is 4.68 Å². The van der Waals surface area contributed by atoms with Crippen molar-refractivity contribution in [2.75, 3.05) is 7.11 Å². The van der Waals surface area contributed by atoms with Gasteiger partial charge >= 0.3 is 5.97 Å². The van der Waals surface area contributed by atoms with E-state index in [4.69, 9.17) is 4.74 Å². The number of aromatic carboxylic acids is 1. The Labute approximate surface area is 170 Å². The van der Waals surface area contributed by atoms with E-state index >= 15 is 0 Å². The van der Waals surface area contributed by atoms with E-state index in [0.717, 1.165) is 16.7 Å². The predicted octanol–water partition coefficient (Wildman–Crippen LogP) is 3.73. The summed E-state index contributed by atoms with van der Waals surface area (Å²) in [7, 11) is 3.41. The van der Waals surface area contributed by atoms with Gasteiger partial charge < -0.3 is 14.4 Å². The van der Waals surface area contributed by atoms with Crippen LogP contribution in [-0.4, -0.2) is 43.4 Å². The number of alkyl halides is 2. The smallest absolute Gasteiger partial charge is 0.372 e. The Balaban J connectivity index is 1.71. The molecule has 0 bridgehead atoms. The third kappa shape index (κ3) is 2.79. The fourth-order valence-corrected chi connectivity index (χ4v) is 4.48. The number of ether oxygens (including phenoxy) is 1. The minimum atomic E-state index is -2.72. The summed E-state index contributed by atoms with van der Waals surface area (Å²) in [4.78, 5) is 16.1. The molecule has 0 radical (unpaired) electrons. The zero-order valence-corrected chi connectivity index (χ0v) is 16.5. The van der Waals surface area contributed by atoms with Gasteiger partial charge in [0.15, 0.2) is 0 Å². The molecule has 1 aromatic carbocycles. The summed E-state index contributed by atoms with van der Waals surface area (Å²) in [5.74, 6) is -3.77. The number of aromatic nitrogens is 4. The molecule has 0 atom stereocenters. The SMILES string of the molecule is COc1cc2c(cc1-c1ccn(C)n1)-c1c(C3CC(F)(F)C3)nc(C(=O)O)n1CC2. The fraction of sp³-hybridized carbons (Fsp3) is 0.381. The summed E-state index contributed by atoms with van der Waals surface area (Å²) in [6.07, 6.45) is 1.80. The Morgan fingerprint density at radius 2 is 2.07 bits per heavy atom. The second-order valence-electron chi connectivity index (χ2n) is 7.92. The van der Waals surface area contributed by atoms with Gasteiger partial charge in [0.1, 0.15) is 5.75 Å². The van der Waals surface area contributed by atoms with Crippen LogP contribution in [0, 0.1) is 0 Å². The van der Waals surface area contributed by atoms with Crippen LogP contribution >= 0.6 is 0 Å². The van der Waals surface area contributed by atoms with E-state index in [1.165, 1.54) is 0 Å². The van der Waals surface area contributed by atoms with Crippen LogP contribution in [-0.2, 0) is 20.0 Å². The molecule has 1 saturated carbocycles. The van der Waals surface area contributed by atoms with Crippen molar-refractivity contribution in [1.82, 2.24) is 19.3 Å². The Hall–Kier alpha value is -3.23. The van der Waals surface area contributed by atoms with Gasteiger partial charge in [0.2, 0.25) is 11.7 Å². The van der Waals surface area contributed by atoms with Crippen molar-refractivity contribution in [2.45, 2.75) is 37.6 Å². The van der Waals surface area contributed by atoms with Crippen molar-refractivity contribution in [3.63, 3.8) is 0 Å². The molecule has 9 heteroatoms. The Kier molecular flexibility index (Phi) is 4.00. The van der Waals surface area contributed by atoms with Gasteiger partial charge in [0, 0.05) is 49.7 Å². The summed E-state index contributed by atoms with van der Waals surface area (Å²) >= 11 is 0. The minimum absolute atomic E-state index is 0.101. The Bertz CT molecular complexity index is 1170. The van der Waals surface area contributed by atoms with Crippen LogP contribution < -0.4 is 4.74 Å². The minimum Gasteiger partial charge on any atom is -0.496 e. The lowest BCUT2D eigenvalue weighted by Gasteiger charge is -2.35. The van der Waals surface area contributed by atoms with Crippen molar-refractivity contribution < 1.29 is 23.4 Å². The second-order valence-corrected chi connectivity index (χ2v) is 7.92. The van der Waals surface area contributed by atoms with Gasteiger partial charge in [-0.05, 0) is 30.2 Å². The Morgan fingerprint density at radius 1 is 1.30 bits per heavy atom. The predicted molar refractivity (Wildman–Crippen MR) is 104 cm³/mol. The molecule has 0 amide bonds. The number of halogens is 2. The first kappa shape index (κ1) is 18.8. The number of imidazole rings is 1. The van der Waals surface area contributed by atoms with Gasteiger partial charge in [0.05, 0.1) is 24.2 Å². The normalized spacial score (nSPS) is 17.2. The molecule has 2 aromatic heterocycles. The third-order valence-corrected chi connectivity index (χ3v) is 5.94. The molecule has 30 heavy (non-hydrogen) atoms. The standard InChI is InChI=1S/C21H20F2N4O3/c1-26-5-4-15(25-26)14-8-13-11(7-16(14)30-2)3-6-27-18(13)17(24-19(27)20(28)29)12-9-21(22,23)10-12/h4-5,7-8,12H,3,6,9-10H2,1-2H3,(H,28,29). The van der Waals surface area contributed by atoms with E-state index in [1.807, 2.05) is 31.4 Å². The van der Waals surface area contributed by atoms with Crippen molar-refractivity contribution >= 4 is 5.97 Å². The maximum Gasteiger partial charge on any atom is 0.372 e. The highest BCUT2D eigenvalue weighted by atomic mass is 19.3. The molecule has 156 valence electrons. The number of hydrogen-bond donors (Lipinski definition) is 1. The zero-order chi connectivity index (χ0) is 21.2. The average molecular weight is 414 g/mol. The lowest BCUT2D eigenvalue weighted by molar-refractivity contribution is -0.0874. The molecule has 5 rings (SSSR count). The first-order chi connectivity index (χ1) is 14.3. The van der Waals surface area contributed by atoms with Crippen LogP contribution in [0.4, 0.5) is 8.78 Å². The molecule has 0 spiro atoms. The van der Waals surface area contributed by atoms with Crippen molar-refractivity contribution in [3.05, 3.63) is 41.5 Å². The highest BCUT2D eigenvalue weighted by Gasteiger charge is 2.48. The van der Waals surface area contributed by atoms with Gasteiger partial charge in [0.25, 0.3) is 0 Å². The summed E-state index contributed by atoms with van der Waals surface area (Å²) < 4.78 is 36.1. The quantitative estimate of drug-likeness (QED) is 0.704. The van der Waals surface area contributed by atoms with Crippen LogP contribution in [0.3, 0.4) is 0 Å². The van der Waals surface area contributed by atoms with Crippen molar-refractivity contribution in [3.8, 4) is 28.3 Å². The number of benzene rings is 1. The highest BCUT2D eigenvalue weighted by molar-refractivity contribution is 5.87. The molecule has 0 unspecified atom stereocenters. The molecule has 3 aromatic rings. The molecule has 1 aliphatic carbocycles. The first-order valence-corrected chi connectivity index (χ1v) is 9.70. The summed E-state index contributed by atoms with van der Waals surface area (Å²) in [5.41, 5.74) is 4.30. The largest absolute Gasteiger partial charge is 0.496 e. The molecule has 2 aliphatic rings. The molecule has 7 nitrogen and oxygen atoms in total. The van der Waals surface area contributed by atoms with Gasteiger partial charge in [-0.25, -0.2) is 18.6 Å². The zero-order valence-electron chi connectivity index (χ0n) is 16.5. The topological polar surface area (TPSA) is 82.2 Å². The molecule has 1 N–H and O–H groups in total. The summed E-state index contributed by atoms with van der Waals surface area (Å²) in [5, 5.41) is 14.1. The lowest BCUT2D eigenvalue weighted by atomic mass is 9.77. The van der Waals surface area contributed by atoms with E-state index in [2.05, 4.69) is 10.1 Å². The van der Waals surface area contributed by atoms with E-state index in [1.54, 1.807) is 16.4 Å².